The van der Waals surface area contributed by atoms with Crippen LogP contribution in [0.5, 0.6) is 0 Å². The first-order chi connectivity index (χ1) is 12.9. The number of carbonyl (C=O) groups excluding carboxylic acids is 2. The van der Waals surface area contributed by atoms with E-state index in [0.29, 0.717) is 23.7 Å². The number of fused-ring (bicyclic) bond motifs is 1. The number of hydrogen-bond acceptors (Lipinski definition) is 2. The average molecular weight is 364 g/mol. The van der Waals surface area contributed by atoms with Gasteiger partial charge >= 0.3 is 0 Å². The summed E-state index contributed by atoms with van der Waals surface area (Å²) in [7, 11) is 0. The number of hydrogen-bond donors (Lipinski definition) is 1. The van der Waals surface area contributed by atoms with E-state index >= 15 is 0 Å². The van der Waals surface area contributed by atoms with Gasteiger partial charge in [-0.2, -0.15) is 0 Å². The average Bonchev–Trinajstić information content (AvgIpc) is 3.46. The second-order valence-corrected chi connectivity index (χ2v) is 10.3. The Morgan fingerprint density at radius 3 is 2.41 bits per heavy atom. The lowest BCUT2D eigenvalue weighted by atomic mass is 9.67. The van der Waals surface area contributed by atoms with Gasteiger partial charge in [0, 0.05) is 36.4 Å². The number of amides is 2. The van der Waals surface area contributed by atoms with Crippen LogP contribution in [0, 0.1) is 11.8 Å². The van der Waals surface area contributed by atoms with Crippen LogP contribution >= 0.6 is 0 Å². The Hall–Kier alpha value is -1.84. The van der Waals surface area contributed by atoms with Crippen molar-refractivity contribution in [2.24, 2.45) is 11.8 Å². The first-order valence-corrected chi connectivity index (χ1v) is 10.6. The van der Waals surface area contributed by atoms with E-state index in [-0.39, 0.29) is 22.8 Å². The van der Waals surface area contributed by atoms with Gasteiger partial charge in [0.15, 0.2) is 0 Å². The van der Waals surface area contributed by atoms with Gasteiger partial charge in [-0.15, -0.1) is 0 Å². The normalized spacial score (nSPS) is 40.5. The first kappa shape index (κ1) is 16.1. The highest BCUT2D eigenvalue weighted by atomic mass is 16.2. The van der Waals surface area contributed by atoms with E-state index in [0.717, 1.165) is 32.4 Å². The molecule has 3 saturated carbocycles. The van der Waals surface area contributed by atoms with Gasteiger partial charge < -0.3 is 10.2 Å². The van der Waals surface area contributed by atoms with Gasteiger partial charge in [0.2, 0.25) is 11.8 Å². The van der Waals surface area contributed by atoms with E-state index in [1.54, 1.807) is 0 Å². The highest BCUT2D eigenvalue weighted by Crippen LogP contribution is 2.60. The summed E-state index contributed by atoms with van der Waals surface area (Å²) in [6.07, 6.45) is 7.09. The summed E-state index contributed by atoms with van der Waals surface area (Å²) >= 11 is 0. The number of rotatable bonds is 3. The van der Waals surface area contributed by atoms with Gasteiger partial charge in [-0.3, -0.25) is 9.59 Å². The maximum absolute atomic E-state index is 13.0. The molecule has 142 valence electrons. The van der Waals surface area contributed by atoms with Crippen molar-refractivity contribution in [3.8, 4) is 0 Å². The van der Waals surface area contributed by atoms with Crippen molar-refractivity contribution in [1.29, 1.82) is 0 Å². The summed E-state index contributed by atoms with van der Waals surface area (Å²) in [5.41, 5.74) is 3.51. The summed E-state index contributed by atoms with van der Waals surface area (Å²) in [5, 5.41) is 3.11. The van der Waals surface area contributed by atoms with Crippen LogP contribution in [-0.2, 0) is 20.4 Å². The molecule has 4 heteroatoms. The molecule has 2 saturated heterocycles. The van der Waals surface area contributed by atoms with Crippen LogP contribution in [0.2, 0.25) is 0 Å². The summed E-state index contributed by atoms with van der Waals surface area (Å²) in [6.45, 7) is 4.17. The molecule has 5 aliphatic rings. The number of piperidine rings is 1. The summed E-state index contributed by atoms with van der Waals surface area (Å²) in [4.78, 5) is 26.6. The molecule has 0 bridgehead atoms. The van der Waals surface area contributed by atoms with E-state index in [2.05, 4.69) is 41.4 Å². The third-order valence-electron chi connectivity index (χ3n) is 8.47. The molecule has 4 nitrogen and oxygen atoms in total. The molecule has 2 heterocycles. The highest BCUT2D eigenvalue weighted by Gasteiger charge is 2.63. The monoisotopic (exact) mass is 364 g/mol. The van der Waals surface area contributed by atoms with Gasteiger partial charge in [-0.1, -0.05) is 31.2 Å². The maximum Gasteiger partial charge on any atom is 0.225 e. The Kier molecular flexibility index (Phi) is 2.96. The molecule has 1 spiro atoms. The molecule has 0 aromatic heterocycles. The minimum atomic E-state index is -0.0491. The van der Waals surface area contributed by atoms with E-state index in [9.17, 15) is 9.59 Å². The Bertz CT molecular complexity index is 834. The van der Waals surface area contributed by atoms with Gasteiger partial charge in [0.1, 0.15) is 0 Å². The minimum absolute atomic E-state index is 0.0491. The second-order valence-electron chi connectivity index (χ2n) is 10.3. The molecule has 2 aliphatic heterocycles. The van der Waals surface area contributed by atoms with Crippen molar-refractivity contribution < 1.29 is 9.59 Å². The molecule has 2 atom stereocenters. The van der Waals surface area contributed by atoms with Crippen molar-refractivity contribution in [2.75, 3.05) is 13.1 Å². The van der Waals surface area contributed by atoms with Crippen molar-refractivity contribution >= 4 is 11.8 Å². The molecule has 1 aromatic rings. The van der Waals surface area contributed by atoms with Crippen molar-refractivity contribution in [3.05, 3.63) is 35.4 Å². The number of carbonyl (C=O) groups is 2. The van der Waals surface area contributed by atoms with Crippen LogP contribution < -0.4 is 5.32 Å². The van der Waals surface area contributed by atoms with E-state index in [1.165, 1.54) is 30.4 Å². The van der Waals surface area contributed by atoms with Crippen molar-refractivity contribution in [2.45, 2.75) is 68.2 Å². The summed E-state index contributed by atoms with van der Waals surface area (Å²) < 4.78 is 0. The first-order valence-electron chi connectivity index (χ1n) is 10.6. The molecule has 0 radical (unpaired) electrons. The molecule has 3 aliphatic carbocycles. The molecular weight excluding hydrogens is 336 g/mol. The SMILES string of the molecule is CC1(c2ccc(C34CC3CN(C(=O)[C@H]3C[C@]5(CCC(=O)N5)C3)C4)cc2)CC1. The van der Waals surface area contributed by atoms with Crippen molar-refractivity contribution in [1.82, 2.24) is 10.2 Å². The van der Waals surface area contributed by atoms with E-state index in [1.807, 2.05) is 0 Å². The largest absolute Gasteiger partial charge is 0.351 e. The lowest BCUT2D eigenvalue weighted by molar-refractivity contribution is -0.141. The van der Waals surface area contributed by atoms with Crippen LogP contribution in [0.25, 0.3) is 0 Å². The van der Waals surface area contributed by atoms with Gasteiger partial charge in [-0.05, 0) is 61.0 Å². The highest BCUT2D eigenvalue weighted by molar-refractivity contribution is 5.84. The predicted octanol–water partition coefficient (Wildman–Crippen LogP) is 2.90. The lowest BCUT2D eigenvalue weighted by Gasteiger charge is -2.45. The Labute approximate surface area is 160 Å². The molecule has 1 N–H and O–H groups in total. The van der Waals surface area contributed by atoms with E-state index in [4.69, 9.17) is 0 Å². The third kappa shape index (κ3) is 2.28. The fourth-order valence-corrected chi connectivity index (χ4v) is 6.17. The van der Waals surface area contributed by atoms with Crippen molar-refractivity contribution in [3.63, 3.8) is 0 Å². The topological polar surface area (TPSA) is 49.4 Å². The Morgan fingerprint density at radius 2 is 1.78 bits per heavy atom. The fraction of sp³-hybridized carbons (Fsp3) is 0.652. The molecule has 1 aromatic carbocycles. The quantitative estimate of drug-likeness (QED) is 0.897. The smallest absolute Gasteiger partial charge is 0.225 e. The molecule has 2 unspecified atom stereocenters. The predicted molar refractivity (Wildman–Crippen MR) is 102 cm³/mol. The summed E-state index contributed by atoms with van der Waals surface area (Å²) in [5.74, 6) is 1.25. The van der Waals surface area contributed by atoms with Crippen LogP contribution in [0.1, 0.15) is 63.0 Å². The Balaban J connectivity index is 1.13. The molecule has 6 rings (SSSR count). The van der Waals surface area contributed by atoms with Gasteiger partial charge in [0.05, 0.1) is 0 Å². The fourth-order valence-electron chi connectivity index (χ4n) is 6.17. The molecular formula is C23H28N2O2. The second kappa shape index (κ2) is 4.95. The number of nitrogens with one attached hydrogen (secondary N) is 1. The number of benzene rings is 1. The number of likely N-dealkylation sites (tertiary alicyclic amines) is 1. The zero-order valence-corrected chi connectivity index (χ0v) is 16.1. The van der Waals surface area contributed by atoms with Gasteiger partial charge in [0.25, 0.3) is 0 Å². The van der Waals surface area contributed by atoms with Crippen LogP contribution in [0.15, 0.2) is 24.3 Å². The maximum atomic E-state index is 13.0. The third-order valence-corrected chi connectivity index (χ3v) is 8.47. The van der Waals surface area contributed by atoms with Crippen LogP contribution in [-0.4, -0.2) is 35.3 Å². The molecule has 27 heavy (non-hydrogen) atoms. The zero-order chi connectivity index (χ0) is 18.4. The lowest BCUT2D eigenvalue weighted by Crippen LogP contribution is -2.56. The van der Waals surface area contributed by atoms with Gasteiger partial charge in [-0.25, -0.2) is 0 Å². The zero-order valence-electron chi connectivity index (χ0n) is 16.1. The molecule has 2 amide bonds. The summed E-state index contributed by atoms with van der Waals surface area (Å²) in [6, 6.07) is 9.32. The number of nitrogens with zero attached hydrogens (tertiary/aromatic N) is 1. The van der Waals surface area contributed by atoms with E-state index < -0.39 is 0 Å². The minimum Gasteiger partial charge on any atom is -0.351 e. The van der Waals surface area contributed by atoms with Crippen LogP contribution in [0.4, 0.5) is 0 Å². The van der Waals surface area contributed by atoms with Crippen LogP contribution in [0.3, 0.4) is 0 Å². The Morgan fingerprint density at radius 1 is 1.07 bits per heavy atom. The standard InChI is InChI=1S/C23H28N2O2/c1-21(8-9-21)16-2-4-17(5-3-16)23-12-18(23)13-25(14-23)20(27)15-10-22(11-15)7-6-19(26)24-22/h2-5,15,18H,6-14H2,1H3,(H,24,26)/t15-,18?,22+,23?. The molecule has 5 fully saturated rings.